The van der Waals surface area contributed by atoms with E-state index < -0.39 is 0 Å². The molecular formula is C24H40N2O6. The van der Waals surface area contributed by atoms with Crippen molar-refractivity contribution >= 4 is 11.8 Å². The zero-order valence-electron chi connectivity index (χ0n) is 19.5. The molecule has 2 aliphatic rings. The van der Waals surface area contributed by atoms with Crippen molar-refractivity contribution in [3.63, 3.8) is 0 Å². The predicted octanol–water partition coefficient (Wildman–Crippen LogP) is 1.52. The van der Waals surface area contributed by atoms with Gasteiger partial charge in [-0.2, -0.15) is 0 Å². The molecule has 2 aliphatic carbocycles. The second-order valence-electron chi connectivity index (χ2n) is 8.18. The van der Waals surface area contributed by atoms with E-state index in [1.54, 1.807) is 7.05 Å². The number of hydrogen-bond acceptors (Lipinski definition) is 6. The molecule has 0 aromatic carbocycles. The lowest BCUT2D eigenvalue weighted by Crippen LogP contribution is -2.27. The van der Waals surface area contributed by atoms with E-state index in [0.717, 1.165) is 37.0 Å². The molecular weight excluding hydrogens is 412 g/mol. The smallest absolute Gasteiger partial charge is 0.222 e. The van der Waals surface area contributed by atoms with E-state index in [-0.39, 0.29) is 11.8 Å². The van der Waals surface area contributed by atoms with Gasteiger partial charge in [0.2, 0.25) is 11.8 Å². The van der Waals surface area contributed by atoms with Crippen LogP contribution in [0.25, 0.3) is 0 Å². The maximum absolute atomic E-state index is 12.0. The van der Waals surface area contributed by atoms with Crippen molar-refractivity contribution in [1.29, 1.82) is 0 Å². The zero-order chi connectivity index (χ0) is 22.9. The second kappa shape index (κ2) is 16.9. The SMILES string of the molecule is CNC(=O)CCOCCOCCOCCOCCNC(=O)CCC1[C@H]2CCC#CCC[C@@H]12. The predicted molar refractivity (Wildman–Crippen MR) is 121 cm³/mol. The Balaban J connectivity index is 1.28. The Kier molecular flexibility index (Phi) is 14.0. The molecule has 32 heavy (non-hydrogen) atoms. The summed E-state index contributed by atoms with van der Waals surface area (Å²) in [5, 5.41) is 5.48. The standard InChI is InChI=1S/C24H40N2O6/c1-25-23(27)10-12-29-14-16-31-18-19-32-17-15-30-13-11-26-24(28)9-8-22-20-6-4-2-3-5-7-21(20)22/h20-22H,4-19H2,1H3,(H,25,27)(H,26,28)/t20-,21+,22?. The number of fused-ring (bicyclic) bond motifs is 1. The highest BCUT2D eigenvalue weighted by molar-refractivity contribution is 5.76. The Labute approximate surface area is 192 Å². The molecule has 0 aromatic heterocycles. The second-order valence-corrected chi connectivity index (χ2v) is 8.18. The first-order valence-electron chi connectivity index (χ1n) is 12.0. The third kappa shape index (κ3) is 11.8. The first-order valence-corrected chi connectivity index (χ1v) is 12.0. The van der Waals surface area contributed by atoms with Crippen molar-refractivity contribution in [3.8, 4) is 11.8 Å². The van der Waals surface area contributed by atoms with E-state index >= 15 is 0 Å². The van der Waals surface area contributed by atoms with E-state index in [0.29, 0.717) is 72.2 Å². The fourth-order valence-corrected chi connectivity index (χ4v) is 4.16. The van der Waals surface area contributed by atoms with Gasteiger partial charge in [0.15, 0.2) is 0 Å². The molecule has 8 nitrogen and oxygen atoms in total. The lowest BCUT2D eigenvalue weighted by Gasteiger charge is -2.08. The summed E-state index contributed by atoms with van der Waals surface area (Å²) in [7, 11) is 1.60. The van der Waals surface area contributed by atoms with Crippen LogP contribution in [-0.2, 0) is 28.5 Å². The summed E-state index contributed by atoms with van der Waals surface area (Å²) in [6.45, 7) is 4.33. The quantitative estimate of drug-likeness (QED) is 0.242. The van der Waals surface area contributed by atoms with Crippen molar-refractivity contribution in [2.75, 3.05) is 66.4 Å². The maximum atomic E-state index is 12.0. The van der Waals surface area contributed by atoms with Crippen LogP contribution in [0, 0.1) is 29.6 Å². The van der Waals surface area contributed by atoms with Crippen LogP contribution in [0.1, 0.15) is 44.9 Å². The first-order chi connectivity index (χ1) is 15.7. The summed E-state index contributed by atoms with van der Waals surface area (Å²) in [5.41, 5.74) is 0. The topological polar surface area (TPSA) is 95.1 Å². The highest BCUT2D eigenvalue weighted by atomic mass is 16.6. The van der Waals surface area contributed by atoms with Crippen molar-refractivity contribution in [1.82, 2.24) is 10.6 Å². The summed E-state index contributed by atoms with van der Waals surface area (Å²) in [4.78, 5) is 23.0. The Hall–Kier alpha value is -1.66. The summed E-state index contributed by atoms with van der Waals surface area (Å²) in [5.74, 6) is 8.89. The lowest BCUT2D eigenvalue weighted by molar-refractivity contribution is -0.122. The highest BCUT2D eigenvalue weighted by Gasteiger charge is 2.47. The monoisotopic (exact) mass is 452 g/mol. The fourth-order valence-electron chi connectivity index (χ4n) is 4.16. The maximum Gasteiger partial charge on any atom is 0.222 e. The van der Waals surface area contributed by atoms with E-state index in [9.17, 15) is 9.59 Å². The van der Waals surface area contributed by atoms with Gasteiger partial charge >= 0.3 is 0 Å². The van der Waals surface area contributed by atoms with Crippen LogP contribution in [0.4, 0.5) is 0 Å². The number of amides is 2. The van der Waals surface area contributed by atoms with Gasteiger partial charge in [0, 0.05) is 39.3 Å². The van der Waals surface area contributed by atoms with E-state index in [2.05, 4.69) is 22.5 Å². The van der Waals surface area contributed by atoms with Crippen LogP contribution in [0.5, 0.6) is 0 Å². The van der Waals surface area contributed by atoms with Gasteiger partial charge in [-0.25, -0.2) is 0 Å². The van der Waals surface area contributed by atoms with Crippen LogP contribution < -0.4 is 10.6 Å². The van der Waals surface area contributed by atoms with Gasteiger partial charge in [-0.15, -0.1) is 11.8 Å². The normalized spacial score (nSPS) is 21.5. The molecule has 0 radical (unpaired) electrons. The summed E-state index contributed by atoms with van der Waals surface area (Å²) in [6, 6.07) is 0. The summed E-state index contributed by atoms with van der Waals surface area (Å²) < 4.78 is 21.6. The number of nitrogens with one attached hydrogen (secondary N) is 2. The zero-order valence-corrected chi connectivity index (χ0v) is 19.5. The Morgan fingerprint density at radius 2 is 1.28 bits per heavy atom. The summed E-state index contributed by atoms with van der Waals surface area (Å²) in [6.07, 6.45) is 6.44. The highest BCUT2D eigenvalue weighted by Crippen LogP contribution is 2.54. The average Bonchev–Trinajstić information content (AvgIpc) is 3.43. The molecule has 0 bridgehead atoms. The van der Waals surface area contributed by atoms with Crippen molar-refractivity contribution < 1.29 is 28.5 Å². The molecule has 182 valence electrons. The van der Waals surface area contributed by atoms with Crippen LogP contribution in [0.15, 0.2) is 0 Å². The van der Waals surface area contributed by atoms with Gasteiger partial charge in [-0.1, -0.05) is 0 Å². The number of ether oxygens (including phenoxy) is 4. The van der Waals surface area contributed by atoms with Crippen LogP contribution >= 0.6 is 0 Å². The molecule has 1 unspecified atom stereocenters. The van der Waals surface area contributed by atoms with Crippen molar-refractivity contribution in [3.05, 3.63) is 0 Å². The minimum absolute atomic E-state index is 0.0309. The average molecular weight is 453 g/mol. The van der Waals surface area contributed by atoms with E-state index in [1.807, 2.05) is 0 Å². The van der Waals surface area contributed by atoms with Crippen LogP contribution in [0.3, 0.4) is 0 Å². The van der Waals surface area contributed by atoms with E-state index in [4.69, 9.17) is 18.9 Å². The Bertz CT molecular complexity index is 585. The molecule has 0 spiro atoms. The van der Waals surface area contributed by atoms with Gasteiger partial charge in [0.05, 0.1) is 52.9 Å². The number of rotatable bonds is 18. The van der Waals surface area contributed by atoms with Crippen LogP contribution in [-0.4, -0.2) is 78.3 Å². The van der Waals surface area contributed by atoms with Crippen molar-refractivity contribution in [2.45, 2.75) is 44.9 Å². The van der Waals surface area contributed by atoms with Gasteiger partial charge in [-0.05, 0) is 37.0 Å². The van der Waals surface area contributed by atoms with E-state index in [1.165, 1.54) is 12.8 Å². The number of carbonyl (C=O) groups is 2. The molecule has 0 aromatic rings. The minimum atomic E-state index is -0.0309. The van der Waals surface area contributed by atoms with Crippen molar-refractivity contribution in [2.24, 2.45) is 17.8 Å². The molecule has 2 rings (SSSR count). The molecule has 0 saturated heterocycles. The third-order valence-corrected chi connectivity index (χ3v) is 5.98. The minimum Gasteiger partial charge on any atom is -0.379 e. The summed E-state index contributed by atoms with van der Waals surface area (Å²) >= 11 is 0. The Morgan fingerprint density at radius 1 is 0.750 bits per heavy atom. The molecule has 2 N–H and O–H groups in total. The van der Waals surface area contributed by atoms with Gasteiger partial charge < -0.3 is 29.6 Å². The molecule has 1 saturated carbocycles. The fraction of sp³-hybridized carbons (Fsp3) is 0.833. The largest absolute Gasteiger partial charge is 0.379 e. The molecule has 3 atom stereocenters. The number of hydrogen-bond donors (Lipinski definition) is 2. The molecule has 0 heterocycles. The number of carbonyl (C=O) groups excluding carboxylic acids is 2. The third-order valence-electron chi connectivity index (χ3n) is 5.98. The van der Waals surface area contributed by atoms with Gasteiger partial charge in [0.1, 0.15) is 0 Å². The molecule has 0 aliphatic heterocycles. The van der Waals surface area contributed by atoms with Gasteiger partial charge in [0.25, 0.3) is 0 Å². The van der Waals surface area contributed by atoms with Crippen LogP contribution in [0.2, 0.25) is 0 Å². The first kappa shape index (κ1) is 26.6. The Morgan fingerprint density at radius 3 is 1.84 bits per heavy atom. The lowest BCUT2D eigenvalue weighted by atomic mass is 10.1. The molecule has 8 heteroatoms. The molecule has 2 amide bonds. The van der Waals surface area contributed by atoms with Gasteiger partial charge in [-0.3, -0.25) is 9.59 Å². The molecule has 1 fully saturated rings.